The van der Waals surface area contributed by atoms with Crippen LogP contribution in [0.25, 0.3) is 0 Å². The maximum Gasteiger partial charge on any atom is 0.257 e. The Hall–Kier alpha value is -2.49. The highest BCUT2D eigenvalue weighted by Crippen LogP contribution is 2.26. The summed E-state index contributed by atoms with van der Waals surface area (Å²) in [4.78, 5) is 25.4. The number of hydrogen-bond acceptors (Lipinski definition) is 5. The highest BCUT2D eigenvalue weighted by molar-refractivity contribution is 9.10. The van der Waals surface area contributed by atoms with Gasteiger partial charge in [0.25, 0.3) is 11.8 Å². The number of benzene rings is 2. The van der Waals surface area contributed by atoms with Gasteiger partial charge in [0.2, 0.25) is 0 Å². The van der Waals surface area contributed by atoms with Crippen LogP contribution >= 0.6 is 28.1 Å². The van der Waals surface area contributed by atoms with E-state index in [4.69, 9.17) is 21.7 Å². The van der Waals surface area contributed by atoms with E-state index in [-0.39, 0.29) is 23.0 Å². The molecule has 1 aliphatic heterocycles. The summed E-state index contributed by atoms with van der Waals surface area (Å²) in [7, 11) is 0. The summed E-state index contributed by atoms with van der Waals surface area (Å²) in [6.07, 6.45) is 6.52. The van der Waals surface area contributed by atoms with Crippen molar-refractivity contribution in [2.45, 2.75) is 51.6 Å². The first-order chi connectivity index (χ1) is 17.0. The molecular formula is C26H32BrN3O4S. The molecule has 1 heterocycles. The largest absolute Gasteiger partial charge is 0.492 e. The van der Waals surface area contributed by atoms with E-state index in [0.29, 0.717) is 40.2 Å². The van der Waals surface area contributed by atoms with Crippen molar-refractivity contribution in [2.24, 2.45) is 0 Å². The van der Waals surface area contributed by atoms with E-state index >= 15 is 0 Å². The average Bonchev–Trinajstić information content (AvgIpc) is 3.37. The Morgan fingerprint density at radius 2 is 1.97 bits per heavy atom. The van der Waals surface area contributed by atoms with Crippen molar-refractivity contribution in [3.63, 3.8) is 0 Å². The van der Waals surface area contributed by atoms with E-state index in [9.17, 15) is 9.59 Å². The van der Waals surface area contributed by atoms with Crippen molar-refractivity contribution in [1.29, 1.82) is 0 Å². The van der Waals surface area contributed by atoms with Crippen LogP contribution < -0.4 is 20.7 Å². The van der Waals surface area contributed by atoms with Crippen LogP contribution in [0.1, 0.15) is 66.2 Å². The minimum absolute atomic E-state index is 0.0524. The van der Waals surface area contributed by atoms with Crippen LogP contribution in [0.2, 0.25) is 0 Å². The topological polar surface area (TPSA) is 88.7 Å². The molecule has 9 heteroatoms. The van der Waals surface area contributed by atoms with E-state index in [0.717, 1.165) is 32.3 Å². The molecule has 0 spiro atoms. The number of ether oxygens (including phenoxy) is 2. The molecule has 1 unspecified atom stereocenters. The van der Waals surface area contributed by atoms with Crippen LogP contribution in [0.15, 0.2) is 46.9 Å². The Labute approximate surface area is 220 Å². The van der Waals surface area contributed by atoms with Crippen LogP contribution in [0, 0.1) is 0 Å². The molecule has 2 aromatic carbocycles. The Balaban J connectivity index is 1.53. The predicted octanol–water partition coefficient (Wildman–Crippen LogP) is 5.44. The minimum Gasteiger partial charge on any atom is -0.492 e. The van der Waals surface area contributed by atoms with Crippen molar-refractivity contribution >= 4 is 50.8 Å². The van der Waals surface area contributed by atoms with Gasteiger partial charge in [-0.05, 0) is 77.7 Å². The molecule has 1 saturated heterocycles. The lowest BCUT2D eigenvalue weighted by Gasteiger charge is -2.15. The summed E-state index contributed by atoms with van der Waals surface area (Å²) in [5.74, 6) is 0.103. The Morgan fingerprint density at radius 1 is 1.14 bits per heavy atom. The molecule has 188 valence electrons. The number of hydrogen-bond donors (Lipinski definition) is 3. The third-order valence-electron chi connectivity index (χ3n) is 5.61. The number of carbonyl (C=O) groups is 2. The van der Waals surface area contributed by atoms with Crippen molar-refractivity contribution in [2.75, 3.05) is 25.1 Å². The molecule has 0 aliphatic carbocycles. The molecule has 0 saturated carbocycles. The van der Waals surface area contributed by atoms with E-state index in [1.807, 2.05) is 0 Å². The Kier molecular flexibility index (Phi) is 11.0. The quantitative estimate of drug-likeness (QED) is 0.250. The SMILES string of the molecule is CCCCCCOc1ccc(C(=O)NC(=S)Nc2ccccc2C(=O)NCC2CCCO2)cc1Br. The number of unbranched alkanes of at least 4 members (excludes halogenated alkanes) is 3. The van der Waals surface area contributed by atoms with Crippen molar-refractivity contribution < 1.29 is 19.1 Å². The maximum atomic E-state index is 12.7. The van der Waals surface area contributed by atoms with Gasteiger partial charge in [-0.15, -0.1) is 0 Å². The fourth-order valence-electron chi connectivity index (χ4n) is 3.70. The number of carbonyl (C=O) groups excluding carboxylic acids is 2. The molecule has 2 aromatic rings. The van der Waals surface area contributed by atoms with E-state index in [1.54, 1.807) is 42.5 Å². The molecular weight excluding hydrogens is 530 g/mol. The molecule has 3 rings (SSSR count). The third-order valence-corrected chi connectivity index (χ3v) is 6.43. The maximum absolute atomic E-state index is 12.7. The predicted molar refractivity (Wildman–Crippen MR) is 145 cm³/mol. The van der Waals surface area contributed by atoms with Gasteiger partial charge in [-0.3, -0.25) is 14.9 Å². The summed E-state index contributed by atoms with van der Waals surface area (Å²) in [5.41, 5.74) is 1.38. The van der Waals surface area contributed by atoms with Crippen LogP contribution in [0.3, 0.4) is 0 Å². The highest BCUT2D eigenvalue weighted by Gasteiger charge is 2.18. The van der Waals surface area contributed by atoms with Crippen molar-refractivity contribution in [1.82, 2.24) is 10.6 Å². The summed E-state index contributed by atoms with van der Waals surface area (Å²) in [6, 6.07) is 12.2. The molecule has 1 atom stereocenters. The molecule has 0 bridgehead atoms. The molecule has 35 heavy (non-hydrogen) atoms. The van der Waals surface area contributed by atoms with E-state index in [2.05, 4.69) is 38.8 Å². The highest BCUT2D eigenvalue weighted by atomic mass is 79.9. The fourth-order valence-corrected chi connectivity index (χ4v) is 4.39. The van der Waals surface area contributed by atoms with Crippen molar-refractivity contribution in [3.8, 4) is 5.75 Å². The molecule has 3 N–H and O–H groups in total. The van der Waals surface area contributed by atoms with Crippen LogP contribution in [0.5, 0.6) is 5.75 Å². The zero-order chi connectivity index (χ0) is 25.0. The number of anilines is 1. The lowest BCUT2D eigenvalue weighted by Crippen LogP contribution is -2.35. The second-order valence-corrected chi connectivity index (χ2v) is 9.62. The summed E-state index contributed by atoms with van der Waals surface area (Å²) >= 11 is 8.81. The van der Waals surface area contributed by atoms with Gasteiger partial charge in [0.05, 0.1) is 28.4 Å². The molecule has 1 fully saturated rings. The van der Waals surface area contributed by atoms with Gasteiger partial charge in [-0.1, -0.05) is 38.3 Å². The Bertz CT molecular complexity index is 1030. The number of amides is 2. The minimum atomic E-state index is -0.363. The summed E-state index contributed by atoms with van der Waals surface area (Å²) < 4.78 is 12.1. The molecule has 0 radical (unpaired) electrons. The standard InChI is InChI=1S/C26H32BrN3O4S/c1-2-3-4-7-14-34-23-13-12-18(16-21(23)27)24(31)30-26(35)29-22-11-6-5-10-20(22)25(32)28-17-19-9-8-15-33-19/h5-6,10-13,16,19H,2-4,7-9,14-15,17H2,1H3,(H,28,32)(H2,29,30,31,35). The number of nitrogens with one attached hydrogen (secondary N) is 3. The molecule has 7 nitrogen and oxygen atoms in total. The van der Waals surface area contributed by atoms with Crippen LogP contribution in [0.4, 0.5) is 5.69 Å². The fraction of sp³-hybridized carbons (Fsp3) is 0.423. The number of rotatable bonds is 11. The summed E-state index contributed by atoms with van der Waals surface area (Å²) in [5, 5.41) is 8.63. The van der Waals surface area contributed by atoms with Gasteiger partial charge in [0.15, 0.2) is 5.11 Å². The van der Waals surface area contributed by atoms with Crippen molar-refractivity contribution in [3.05, 3.63) is 58.1 Å². The molecule has 2 amide bonds. The molecule has 1 aliphatic rings. The second kappa shape index (κ2) is 14.2. The van der Waals surface area contributed by atoms with Gasteiger partial charge >= 0.3 is 0 Å². The van der Waals surface area contributed by atoms with E-state index < -0.39 is 0 Å². The van der Waals surface area contributed by atoms with Gasteiger partial charge in [-0.25, -0.2) is 0 Å². The van der Waals surface area contributed by atoms with E-state index in [1.165, 1.54) is 12.8 Å². The smallest absolute Gasteiger partial charge is 0.257 e. The average molecular weight is 563 g/mol. The van der Waals surface area contributed by atoms with Gasteiger partial charge < -0.3 is 20.1 Å². The first-order valence-corrected chi connectivity index (χ1v) is 13.2. The lowest BCUT2D eigenvalue weighted by atomic mass is 10.1. The monoisotopic (exact) mass is 561 g/mol. The number of halogens is 1. The zero-order valence-electron chi connectivity index (χ0n) is 19.9. The van der Waals surface area contributed by atoms with Gasteiger partial charge in [0, 0.05) is 18.7 Å². The summed E-state index contributed by atoms with van der Waals surface area (Å²) in [6.45, 7) is 4.00. The first kappa shape index (κ1) is 27.1. The lowest BCUT2D eigenvalue weighted by molar-refractivity contribution is 0.0858. The number of para-hydroxylation sites is 1. The van der Waals surface area contributed by atoms with Gasteiger partial charge in [-0.2, -0.15) is 0 Å². The molecule has 0 aromatic heterocycles. The zero-order valence-corrected chi connectivity index (χ0v) is 22.3. The third kappa shape index (κ3) is 8.59. The second-order valence-electron chi connectivity index (χ2n) is 8.35. The van der Waals surface area contributed by atoms with Gasteiger partial charge in [0.1, 0.15) is 5.75 Å². The Morgan fingerprint density at radius 3 is 2.71 bits per heavy atom. The normalized spacial score (nSPS) is 14.9. The van der Waals surface area contributed by atoms with Crippen LogP contribution in [-0.4, -0.2) is 42.8 Å². The number of thiocarbonyl (C=S) groups is 1. The van der Waals surface area contributed by atoms with Crippen LogP contribution in [-0.2, 0) is 4.74 Å². The first-order valence-electron chi connectivity index (χ1n) is 12.0.